The quantitative estimate of drug-likeness (QED) is 0.469. The molecule has 9 nitrogen and oxygen atoms in total. The number of anilines is 1. The number of hydrogen-bond acceptors (Lipinski definition) is 5. The average molecular weight is 378 g/mol. The van der Waals surface area contributed by atoms with E-state index in [9.17, 15) is 19.2 Å². The van der Waals surface area contributed by atoms with Gasteiger partial charge in [0.05, 0.1) is 6.54 Å². The van der Waals surface area contributed by atoms with Crippen LogP contribution in [0.3, 0.4) is 0 Å². The molecule has 0 aromatic heterocycles. The number of likely N-dealkylation sites (N-methyl/N-ethyl adjacent to an activating group) is 1. The van der Waals surface area contributed by atoms with Gasteiger partial charge >= 0.3 is 12.0 Å². The zero-order valence-electron chi connectivity index (χ0n) is 15.7. The molecule has 0 aliphatic rings. The summed E-state index contributed by atoms with van der Waals surface area (Å²) in [6.07, 6.45) is 0. The van der Waals surface area contributed by atoms with Gasteiger partial charge in [-0.05, 0) is 25.0 Å². The Bertz CT molecular complexity index is 648. The smallest absolute Gasteiger partial charge is 0.329 e. The van der Waals surface area contributed by atoms with E-state index in [-0.39, 0.29) is 18.4 Å². The molecule has 0 saturated carbocycles. The number of carbonyl (C=O) groups excluding carboxylic acids is 4. The van der Waals surface area contributed by atoms with Gasteiger partial charge in [-0.2, -0.15) is 0 Å². The molecule has 1 aromatic rings. The molecular weight excluding hydrogens is 352 g/mol. The van der Waals surface area contributed by atoms with Crippen molar-refractivity contribution in [3.05, 3.63) is 30.3 Å². The van der Waals surface area contributed by atoms with Crippen molar-refractivity contribution in [2.45, 2.75) is 26.8 Å². The fraction of sp³-hybridized carbons (Fsp3) is 0.444. The van der Waals surface area contributed by atoms with E-state index >= 15 is 0 Å². The lowest BCUT2D eigenvalue weighted by atomic mass is 10.1. The van der Waals surface area contributed by atoms with E-state index in [1.165, 1.54) is 0 Å². The number of rotatable bonds is 9. The van der Waals surface area contributed by atoms with Crippen LogP contribution in [0.1, 0.15) is 20.8 Å². The SMILES string of the molecule is CCNC(=O)CNC(=O)COC(=O)[C@H](NC(=O)Nc1ccccc1)C(C)C. The summed E-state index contributed by atoms with van der Waals surface area (Å²) in [5.41, 5.74) is 0.579. The molecule has 0 spiro atoms. The van der Waals surface area contributed by atoms with Crippen molar-refractivity contribution in [1.29, 1.82) is 0 Å². The maximum absolute atomic E-state index is 12.2. The molecule has 0 fully saturated rings. The van der Waals surface area contributed by atoms with Gasteiger partial charge in [0, 0.05) is 12.2 Å². The molecule has 0 bridgehead atoms. The summed E-state index contributed by atoms with van der Waals surface area (Å²) in [6.45, 7) is 4.96. The van der Waals surface area contributed by atoms with Gasteiger partial charge in [-0.25, -0.2) is 9.59 Å². The lowest BCUT2D eigenvalue weighted by Crippen LogP contribution is -2.48. The standard InChI is InChI=1S/C18H26N4O5/c1-4-19-14(23)10-20-15(24)11-27-17(25)16(12(2)3)22-18(26)21-13-8-6-5-7-9-13/h5-9,12,16H,4,10-11H2,1-3H3,(H,19,23)(H,20,24)(H2,21,22,26)/t16-/m1/s1. The highest BCUT2D eigenvalue weighted by molar-refractivity contribution is 5.93. The lowest BCUT2D eigenvalue weighted by molar-refractivity contribution is -0.151. The lowest BCUT2D eigenvalue weighted by Gasteiger charge is -2.21. The maximum atomic E-state index is 12.2. The topological polar surface area (TPSA) is 126 Å². The second-order valence-corrected chi connectivity index (χ2v) is 6.02. The summed E-state index contributed by atoms with van der Waals surface area (Å²) >= 11 is 0. The van der Waals surface area contributed by atoms with E-state index in [1.807, 2.05) is 6.07 Å². The Hall–Kier alpha value is -3.10. The van der Waals surface area contributed by atoms with Gasteiger partial charge in [0.1, 0.15) is 6.04 Å². The number of esters is 1. The molecule has 4 N–H and O–H groups in total. The maximum Gasteiger partial charge on any atom is 0.329 e. The Morgan fingerprint density at radius 2 is 1.67 bits per heavy atom. The van der Waals surface area contributed by atoms with Gasteiger partial charge in [0.25, 0.3) is 5.91 Å². The van der Waals surface area contributed by atoms with Gasteiger partial charge in [0.15, 0.2) is 6.61 Å². The highest BCUT2D eigenvalue weighted by Crippen LogP contribution is 2.07. The largest absolute Gasteiger partial charge is 0.454 e. The first-order valence-electron chi connectivity index (χ1n) is 8.66. The van der Waals surface area contributed by atoms with Gasteiger partial charge in [-0.15, -0.1) is 0 Å². The Morgan fingerprint density at radius 1 is 1.00 bits per heavy atom. The predicted octanol–water partition coefficient (Wildman–Crippen LogP) is 0.628. The number of hydrogen-bond donors (Lipinski definition) is 4. The first-order chi connectivity index (χ1) is 12.8. The van der Waals surface area contributed by atoms with Crippen molar-refractivity contribution in [3.63, 3.8) is 0 Å². The molecule has 27 heavy (non-hydrogen) atoms. The van der Waals surface area contributed by atoms with Crippen molar-refractivity contribution in [2.24, 2.45) is 5.92 Å². The third kappa shape index (κ3) is 8.70. The molecular formula is C18H26N4O5. The molecule has 4 amide bonds. The van der Waals surface area contributed by atoms with Crippen molar-refractivity contribution in [1.82, 2.24) is 16.0 Å². The van der Waals surface area contributed by atoms with E-state index in [1.54, 1.807) is 45.0 Å². The van der Waals surface area contributed by atoms with Crippen molar-refractivity contribution in [2.75, 3.05) is 25.0 Å². The Morgan fingerprint density at radius 3 is 2.26 bits per heavy atom. The zero-order chi connectivity index (χ0) is 20.2. The fourth-order valence-corrected chi connectivity index (χ4v) is 2.04. The van der Waals surface area contributed by atoms with Crippen LogP contribution in [0, 0.1) is 5.92 Å². The molecule has 0 aliphatic heterocycles. The van der Waals surface area contributed by atoms with E-state index in [2.05, 4.69) is 21.3 Å². The van der Waals surface area contributed by atoms with E-state index in [0.717, 1.165) is 0 Å². The zero-order valence-corrected chi connectivity index (χ0v) is 15.7. The van der Waals surface area contributed by atoms with Crippen LogP contribution in [0.15, 0.2) is 30.3 Å². The number of ether oxygens (including phenoxy) is 1. The Kier molecular flexibility index (Phi) is 9.35. The van der Waals surface area contributed by atoms with E-state index in [4.69, 9.17) is 4.74 Å². The average Bonchev–Trinajstić information content (AvgIpc) is 2.63. The number of urea groups is 1. The second kappa shape index (κ2) is 11.5. The molecule has 0 unspecified atom stereocenters. The van der Waals surface area contributed by atoms with Crippen LogP contribution in [-0.2, 0) is 19.1 Å². The minimum atomic E-state index is -0.926. The number of para-hydroxylation sites is 1. The van der Waals surface area contributed by atoms with Crippen LogP contribution in [0.2, 0.25) is 0 Å². The van der Waals surface area contributed by atoms with Crippen molar-refractivity contribution < 1.29 is 23.9 Å². The van der Waals surface area contributed by atoms with Gasteiger partial charge in [0.2, 0.25) is 5.91 Å². The predicted molar refractivity (Wildman–Crippen MR) is 99.9 cm³/mol. The fourth-order valence-electron chi connectivity index (χ4n) is 2.04. The van der Waals surface area contributed by atoms with Gasteiger partial charge in [-0.1, -0.05) is 32.0 Å². The minimum Gasteiger partial charge on any atom is -0.454 e. The third-order valence-electron chi connectivity index (χ3n) is 3.40. The normalized spacial score (nSPS) is 11.3. The highest BCUT2D eigenvalue weighted by Gasteiger charge is 2.26. The number of nitrogens with one attached hydrogen (secondary N) is 4. The summed E-state index contributed by atoms with van der Waals surface area (Å²) in [6, 6.07) is 7.28. The number of benzene rings is 1. The first kappa shape index (κ1) is 21.9. The third-order valence-corrected chi connectivity index (χ3v) is 3.40. The highest BCUT2D eigenvalue weighted by atomic mass is 16.5. The van der Waals surface area contributed by atoms with Gasteiger partial charge < -0.3 is 26.0 Å². The molecule has 1 rings (SSSR count). The monoisotopic (exact) mass is 378 g/mol. The van der Waals surface area contributed by atoms with Crippen LogP contribution < -0.4 is 21.3 Å². The molecule has 148 valence electrons. The first-order valence-corrected chi connectivity index (χ1v) is 8.66. The summed E-state index contributed by atoms with van der Waals surface area (Å²) in [5, 5.41) is 10.0. The summed E-state index contributed by atoms with van der Waals surface area (Å²) < 4.78 is 4.95. The van der Waals surface area contributed by atoms with Crippen molar-refractivity contribution in [3.8, 4) is 0 Å². The van der Waals surface area contributed by atoms with E-state index < -0.39 is 30.6 Å². The molecule has 0 saturated heterocycles. The number of carbonyl (C=O) groups is 4. The molecule has 0 radical (unpaired) electrons. The molecule has 9 heteroatoms. The minimum absolute atomic E-state index is 0.199. The molecule has 0 aliphatic carbocycles. The van der Waals surface area contributed by atoms with E-state index in [0.29, 0.717) is 12.2 Å². The molecule has 1 atom stereocenters. The summed E-state index contributed by atoms with van der Waals surface area (Å²) in [5.74, 6) is -1.93. The van der Waals surface area contributed by atoms with Crippen LogP contribution in [0.5, 0.6) is 0 Å². The van der Waals surface area contributed by atoms with Crippen LogP contribution in [-0.4, -0.2) is 49.6 Å². The second-order valence-electron chi connectivity index (χ2n) is 6.02. The Balaban J connectivity index is 2.47. The Labute approximate surface area is 158 Å². The van der Waals surface area contributed by atoms with Gasteiger partial charge in [-0.3, -0.25) is 9.59 Å². The number of amides is 4. The summed E-state index contributed by atoms with van der Waals surface area (Å²) in [7, 11) is 0. The van der Waals surface area contributed by atoms with Crippen LogP contribution in [0.4, 0.5) is 10.5 Å². The molecule has 0 heterocycles. The molecule has 1 aromatic carbocycles. The van der Waals surface area contributed by atoms with Crippen LogP contribution in [0.25, 0.3) is 0 Å². The van der Waals surface area contributed by atoms with Crippen molar-refractivity contribution >= 4 is 29.5 Å². The summed E-state index contributed by atoms with van der Waals surface area (Å²) in [4.78, 5) is 47.2. The van der Waals surface area contributed by atoms with Crippen LogP contribution >= 0.6 is 0 Å².